The largest absolute Gasteiger partial charge is 0.493 e. The molecule has 0 saturated carbocycles. The fraction of sp³-hybridized carbons (Fsp3) is 0.533. The third-order valence-corrected chi connectivity index (χ3v) is 2.75. The minimum atomic E-state index is -0.508. The number of amides is 1. The Balaban J connectivity index is 2.48. The van der Waals surface area contributed by atoms with Gasteiger partial charge in [-0.05, 0) is 32.9 Å². The van der Waals surface area contributed by atoms with Gasteiger partial charge in [-0.1, -0.05) is 11.6 Å². The van der Waals surface area contributed by atoms with Crippen LogP contribution in [-0.4, -0.2) is 43.9 Å². The van der Waals surface area contributed by atoms with Crippen LogP contribution in [-0.2, 0) is 4.74 Å². The van der Waals surface area contributed by atoms with Gasteiger partial charge in [-0.3, -0.25) is 0 Å². The average Bonchev–Trinajstić information content (AvgIpc) is 2.38. The maximum Gasteiger partial charge on any atom is 0.410 e. The van der Waals surface area contributed by atoms with Crippen molar-refractivity contribution in [1.82, 2.24) is 4.90 Å². The Morgan fingerprint density at radius 2 is 1.95 bits per heavy atom. The van der Waals surface area contributed by atoms with Gasteiger partial charge in [-0.15, -0.1) is 0 Å². The maximum atomic E-state index is 11.8. The van der Waals surface area contributed by atoms with Gasteiger partial charge in [0.1, 0.15) is 12.2 Å². The molecule has 0 aromatic heterocycles. The number of hydrogen-bond donors (Lipinski definition) is 0. The Morgan fingerprint density at radius 3 is 2.52 bits per heavy atom. The van der Waals surface area contributed by atoms with Crippen molar-refractivity contribution < 1.29 is 19.0 Å². The van der Waals surface area contributed by atoms with Crippen LogP contribution in [0.3, 0.4) is 0 Å². The number of halogens is 1. The summed E-state index contributed by atoms with van der Waals surface area (Å²) in [7, 11) is 3.21. The molecule has 1 amide bonds. The molecule has 1 aromatic carbocycles. The predicted molar refractivity (Wildman–Crippen MR) is 82.4 cm³/mol. The maximum absolute atomic E-state index is 11.8. The van der Waals surface area contributed by atoms with Crippen molar-refractivity contribution >= 4 is 17.7 Å². The number of rotatable bonds is 5. The standard InChI is InChI=1S/C15H22ClNO4/c1-15(2,3)21-14(18)17(4)8-9-20-12-7-6-11(16)10-13(12)19-5/h6-7,10H,8-9H2,1-5H3. The number of benzene rings is 1. The molecule has 21 heavy (non-hydrogen) atoms. The second-order valence-corrected chi connectivity index (χ2v) is 5.98. The first-order valence-electron chi connectivity index (χ1n) is 6.63. The average molecular weight is 316 g/mol. The molecular formula is C15H22ClNO4. The van der Waals surface area contributed by atoms with Crippen molar-refractivity contribution in [3.05, 3.63) is 23.2 Å². The molecule has 0 aliphatic carbocycles. The van der Waals surface area contributed by atoms with E-state index in [9.17, 15) is 4.79 Å². The highest BCUT2D eigenvalue weighted by Crippen LogP contribution is 2.29. The van der Waals surface area contributed by atoms with E-state index >= 15 is 0 Å². The highest BCUT2D eigenvalue weighted by Gasteiger charge is 2.19. The number of carbonyl (C=O) groups excluding carboxylic acids is 1. The van der Waals surface area contributed by atoms with Gasteiger partial charge < -0.3 is 19.1 Å². The van der Waals surface area contributed by atoms with Gasteiger partial charge in [0.25, 0.3) is 0 Å². The van der Waals surface area contributed by atoms with E-state index in [2.05, 4.69) is 0 Å². The van der Waals surface area contributed by atoms with E-state index in [1.54, 1.807) is 32.4 Å². The molecule has 0 N–H and O–H groups in total. The molecule has 0 atom stereocenters. The number of hydrogen-bond acceptors (Lipinski definition) is 4. The highest BCUT2D eigenvalue weighted by atomic mass is 35.5. The SMILES string of the molecule is COc1cc(Cl)ccc1OCCN(C)C(=O)OC(C)(C)C. The van der Waals surface area contributed by atoms with Crippen LogP contribution in [0, 0.1) is 0 Å². The summed E-state index contributed by atoms with van der Waals surface area (Å²) in [6, 6.07) is 5.13. The zero-order chi connectivity index (χ0) is 16.0. The molecule has 0 heterocycles. The van der Waals surface area contributed by atoms with E-state index in [0.29, 0.717) is 29.7 Å². The first-order chi connectivity index (χ1) is 9.73. The number of ether oxygens (including phenoxy) is 3. The molecule has 118 valence electrons. The summed E-state index contributed by atoms with van der Waals surface area (Å²) in [5.74, 6) is 1.14. The Morgan fingerprint density at radius 1 is 1.29 bits per heavy atom. The molecular weight excluding hydrogens is 294 g/mol. The van der Waals surface area contributed by atoms with Crippen molar-refractivity contribution in [2.45, 2.75) is 26.4 Å². The smallest absolute Gasteiger partial charge is 0.410 e. The van der Waals surface area contributed by atoms with Crippen molar-refractivity contribution in [1.29, 1.82) is 0 Å². The summed E-state index contributed by atoms with van der Waals surface area (Å²) >= 11 is 5.88. The molecule has 0 fully saturated rings. The summed E-state index contributed by atoms with van der Waals surface area (Å²) in [5, 5.41) is 0.574. The lowest BCUT2D eigenvalue weighted by molar-refractivity contribution is 0.0278. The van der Waals surface area contributed by atoms with Crippen molar-refractivity contribution in [2.75, 3.05) is 27.3 Å². The topological polar surface area (TPSA) is 48.0 Å². The molecule has 1 aromatic rings. The van der Waals surface area contributed by atoms with Gasteiger partial charge in [-0.25, -0.2) is 4.79 Å². The van der Waals surface area contributed by atoms with Crippen molar-refractivity contribution in [2.24, 2.45) is 0 Å². The van der Waals surface area contributed by atoms with E-state index in [-0.39, 0.29) is 6.09 Å². The molecule has 0 bridgehead atoms. The minimum Gasteiger partial charge on any atom is -0.493 e. The Hall–Kier alpha value is -1.62. The summed E-state index contributed by atoms with van der Waals surface area (Å²) in [6.07, 6.45) is -0.380. The lowest BCUT2D eigenvalue weighted by atomic mass is 10.2. The summed E-state index contributed by atoms with van der Waals surface area (Å²) in [5.41, 5.74) is -0.508. The first-order valence-corrected chi connectivity index (χ1v) is 7.01. The number of nitrogens with zero attached hydrogens (tertiary/aromatic N) is 1. The molecule has 1 rings (SSSR count). The quantitative estimate of drug-likeness (QED) is 0.833. The number of methoxy groups -OCH3 is 1. The van der Waals surface area contributed by atoms with E-state index in [0.717, 1.165) is 0 Å². The van der Waals surface area contributed by atoms with Crippen molar-refractivity contribution in [3.8, 4) is 11.5 Å². The lowest BCUT2D eigenvalue weighted by Gasteiger charge is -2.24. The highest BCUT2D eigenvalue weighted by molar-refractivity contribution is 6.30. The first kappa shape index (κ1) is 17.4. The van der Waals surface area contributed by atoms with E-state index in [1.165, 1.54) is 4.90 Å². The molecule has 0 unspecified atom stereocenters. The third-order valence-electron chi connectivity index (χ3n) is 2.52. The van der Waals surface area contributed by atoms with Crippen LogP contribution in [0.4, 0.5) is 4.79 Å². The molecule has 5 nitrogen and oxygen atoms in total. The summed E-state index contributed by atoms with van der Waals surface area (Å²) in [4.78, 5) is 13.2. The fourth-order valence-corrected chi connectivity index (χ4v) is 1.65. The Labute approximate surface area is 130 Å². The fourth-order valence-electron chi connectivity index (χ4n) is 1.48. The van der Waals surface area contributed by atoms with Gasteiger partial charge in [0.2, 0.25) is 0 Å². The van der Waals surface area contributed by atoms with Gasteiger partial charge in [0, 0.05) is 18.1 Å². The molecule has 0 aliphatic heterocycles. The van der Waals surface area contributed by atoms with Gasteiger partial charge in [0.05, 0.1) is 13.7 Å². The molecule has 0 spiro atoms. The number of likely N-dealkylation sites (N-methyl/N-ethyl adjacent to an activating group) is 1. The molecule has 0 aliphatic rings. The van der Waals surface area contributed by atoms with Gasteiger partial charge >= 0.3 is 6.09 Å². The monoisotopic (exact) mass is 315 g/mol. The van der Waals surface area contributed by atoms with Crippen LogP contribution in [0.2, 0.25) is 5.02 Å². The van der Waals surface area contributed by atoms with Crippen molar-refractivity contribution in [3.63, 3.8) is 0 Å². The van der Waals surface area contributed by atoms with Crippen LogP contribution in [0.15, 0.2) is 18.2 Å². The normalized spacial score (nSPS) is 11.0. The summed E-state index contributed by atoms with van der Waals surface area (Å²) < 4.78 is 16.0. The van der Waals surface area contributed by atoms with Crippen LogP contribution in [0.5, 0.6) is 11.5 Å². The van der Waals surface area contributed by atoms with E-state index in [4.69, 9.17) is 25.8 Å². The Bertz CT molecular complexity index is 485. The second-order valence-electron chi connectivity index (χ2n) is 5.55. The van der Waals surface area contributed by atoms with Crippen LogP contribution in [0.1, 0.15) is 20.8 Å². The number of carbonyl (C=O) groups is 1. The second kappa shape index (κ2) is 7.41. The van der Waals surface area contributed by atoms with Gasteiger partial charge in [0.15, 0.2) is 11.5 Å². The van der Waals surface area contributed by atoms with Crippen LogP contribution in [0.25, 0.3) is 0 Å². The van der Waals surface area contributed by atoms with Crippen LogP contribution >= 0.6 is 11.6 Å². The molecule has 0 saturated heterocycles. The summed E-state index contributed by atoms with van der Waals surface area (Å²) in [6.45, 7) is 6.21. The third kappa shape index (κ3) is 6.12. The molecule has 0 radical (unpaired) electrons. The lowest BCUT2D eigenvalue weighted by Crippen LogP contribution is -2.36. The van der Waals surface area contributed by atoms with E-state index in [1.807, 2.05) is 20.8 Å². The zero-order valence-corrected chi connectivity index (χ0v) is 13.9. The zero-order valence-electron chi connectivity index (χ0n) is 13.1. The van der Waals surface area contributed by atoms with Crippen LogP contribution < -0.4 is 9.47 Å². The minimum absolute atomic E-state index is 0.327. The van der Waals surface area contributed by atoms with E-state index < -0.39 is 5.60 Å². The Kier molecular flexibility index (Phi) is 6.15. The van der Waals surface area contributed by atoms with Gasteiger partial charge in [-0.2, -0.15) is 0 Å². The molecule has 6 heteroatoms. The predicted octanol–water partition coefficient (Wildman–Crippen LogP) is 3.59.